The summed E-state index contributed by atoms with van der Waals surface area (Å²) in [6.07, 6.45) is 2.15. The molecule has 3 nitrogen and oxygen atoms in total. The lowest BCUT2D eigenvalue weighted by molar-refractivity contribution is -0.666. The SMILES string of the molecule is Cc1sc2c(c1C)c(=O)[nH]c1[n+]2CCC1. The van der Waals surface area contributed by atoms with Gasteiger partial charge in [-0.1, -0.05) is 11.3 Å². The molecule has 15 heavy (non-hydrogen) atoms. The zero-order valence-electron chi connectivity index (χ0n) is 8.89. The normalized spacial score (nSPS) is 14.8. The third kappa shape index (κ3) is 1.11. The van der Waals surface area contributed by atoms with E-state index in [1.165, 1.54) is 4.88 Å². The van der Waals surface area contributed by atoms with Gasteiger partial charge in [-0.3, -0.25) is 0 Å². The van der Waals surface area contributed by atoms with Crippen LogP contribution in [0, 0.1) is 13.8 Å². The van der Waals surface area contributed by atoms with Crippen molar-refractivity contribution in [2.45, 2.75) is 33.2 Å². The minimum Gasteiger partial charge on any atom is -0.241 e. The van der Waals surface area contributed by atoms with Gasteiger partial charge in [-0.15, -0.1) is 0 Å². The molecule has 0 saturated heterocycles. The van der Waals surface area contributed by atoms with Gasteiger partial charge in [-0.05, 0) is 25.8 Å². The van der Waals surface area contributed by atoms with Crippen LogP contribution in [0.15, 0.2) is 4.79 Å². The van der Waals surface area contributed by atoms with Crippen LogP contribution in [0.1, 0.15) is 22.7 Å². The van der Waals surface area contributed by atoms with Gasteiger partial charge in [0.25, 0.3) is 5.82 Å². The van der Waals surface area contributed by atoms with Crippen molar-refractivity contribution in [2.24, 2.45) is 0 Å². The van der Waals surface area contributed by atoms with Crippen LogP contribution in [0.3, 0.4) is 0 Å². The lowest BCUT2D eigenvalue weighted by atomic mass is 10.2. The summed E-state index contributed by atoms with van der Waals surface area (Å²) in [7, 11) is 0. The Hall–Kier alpha value is -1.16. The molecule has 0 bridgehead atoms. The highest BCUT2D eigenvalue weighted by molar-refractivity contribution is 7.18. The summed E-state index contributed by atoms with van der Waals surface area (Å²) < 4.78 is 2.27. The summed E-state index contributed by atoms with van der Waals surface area (Å²) in [6, 6.07) is 0. The van der Waals surface area contributed by atoms with Crippen molar-refractivity contribution in [3.05, 3.63) is 26.6 Å². The predicted octanol–water partition coefficient (Wildman–Crippen LogP) is 1.44. The van der Waals surface area contributed by atoms with Gasteiger partial charge in [-0.25, -0.2) is 14.3 Å². The molecule has 1 N–H and O–H groups in total. The molecule has 0 radical (unpaired) electrons. The number of aromatic nitrogens is 2. The summed E-state index contributed by atoms with van der Waals surface area (Å²) in [5, 5.41) is 0.892. The van der Waals surface area contributed by atoms with E-state index in [0.29, 0.717) is 0 Å². The fraction of sp³-hybridized carbons (Fsp3) is 0.455. The molecule has 0 atom stereocenters. The lowest BCUT2D eigenvalue weighted by Gasteiger charge is -1.95. The Morgan fingerprint density at radius 1 is 1.40 bits per heavy atom. The second-order valence-corrected chi connectivity index (χ2v) is 5.32. The predicted molar refractivity (Wildman–Crippen MR) is 60.4 cm³/mol. The van der Waals surface area contributed by atoms with Gasteiger partial charge in [0, 0.05) is 4.88 Å². The van der Waals surface area contributed by atoms with Gasteiger partial charge in [0.2, 0.25) is 0 Å². The number of thiophene rings is 1. The molecule has 2 aromatic heterocycles. The number of nitrogens with one attached hydrogen (secondary N) is 1. The molecular formula is C11H13N2OS+. The molecule has 0 spiro atoms. The maximum atomic E-state index is 11.9. The van der Waals surface area contributed by atoms with Crippen molar-refractivity contribution >= 4 is 21.6 Å². The molecule has 2 aromatic rings. The molecule has 0 unspecified atom stereocenters. The Labute approximate surface area is 91.4 Å². The fourth-order valence-electron chi connectivity index (χ4n) is 2.29. The zero-order valence-corrected chi connectivity index (χ0v) is 9.70. The van der Waals surface area contributed by atoms with Crippen LogP contribution in [-0.4, -0.2) is 4.98 Å². The van der Waals surface area contributed by atoms with Crippen LogP contribution in [0.5, 0.6) is 0 Å². The van der Waals surface area contributed by atoms with Crippen molar-refractivity contribution in [2.75, 3.05) is 0 Å². The smallest absolute Gasteiger partial charge is 0.241 e. The Kier molecular flexibility index (Phi) is 1.77. The van der Waals surface area contributed by atoms with Gasteiger partial charge in [-0.2, -0.15) is 0 Å². The van der Waals surface area contributed by atoms with Crippen molar-refractivity contribution in [1.82, 2.24) is 4.98 Å². The Balaban J connectivity index is 2.55. The number of rotatable bonds is 0. The third-order valence-corrected chi connectivity index (χ3v) is 4.45. The van der Waals surface area contributed by atoms with E-state index in [1.807, 2.05) is 6.92 Å². The van der Waals surface area contributed by atoms with Crippen LogP contribution in [0.2, 0.25) is 0 Å². The number of H-pyrrole nitrogens is 1. The molecule has 0 amide bonds. The highest BCUT2D eigenvalue weighted by atomic mass is 32.1. The second kappa shape index (κ2) is 2.92. The molecule has 78 valence electrons. The van der Waals surface area contributed by atoms with Gasteiger partial charge < -0.3 is 0 Å². The summed E-state index contributed by atoms with van der Waals surface area (Å²) in [6.45, 7) is 5.16. The van der Waals surface area contributed by atoms with Gasteiger partial charge in [0.1, 0.15) is 5.39 Å². The number of hydrogen-bond acceptors (Lipinski definition) is 2. The molecule has 1 aliphatic rings. The van der Waals surface area contributed by atoms with Gasteiger partial charge in [0.15, 0.2) is 4.83 Å². The first-order chi connectivity index (χ1) is 7.18. The minimum atomic E-state index is 0.0833. The molecule has 0 saturated carbocycles. The molecule has 0 fully saturated rings. The van der Waals surface area contributed by atoms with Crippen molar-refractivity contribution < 1.29 is 4.57 Å². The van der Waals surface area contributed by atoms with Crippen LogP contribution < -0.4 is 10.1 Å². The summed E-state index contributed by atoms with van der Waals surface area (Å²) in [5.41, 5.74) is 1.22. The molecular weight excluding hydrogens is 208 g/mol. The van der Waals surface area contributed by atoms with E-state index in [4.69, 9.17) is 0 Å². The highest BCUT2D eigenvalue weighted by Gasteiger charge is 2.25. The van der Waals surface area contributed by atoms with Crippen molar-refractivity contribution in [1.29, 1.82) is 0 Å². The van der Waals surface area contributed by atoms with Gasteiger partial charge in [0.05, 0.1) is 13.0 Å². The minimum absolute atomic E-state index is 0.0833. The molecule has 0 aromatic carbocycles. The topological polar surface area (TPSA) is 36.7 Å². The van der Waals surface area contributed by atoms with E-state index < -0.39 is 0 Å². The first-order valence-corrected chi connectivity index (χ1v) is 6.05. The number of nitrogens with zero attached hydrogens (tertiary/aromatic N) is 1. The van der Waals surface area contributed by atoms with Crippen LogP contribution in [0.25, 0.3) is 10.2 Å². The Bertz CT molecular complexity index is 609. The van der Waals surface area contributed by atoms with E-state index in [-0.39, 0.29) is 5.56 Å². The summed E-state index contributed by atoms with van der Waals surface area (Å²) in [5.74, 6) is 1.09. The zero-order chi connectivity index (χ0) is 10.6. The van der Waals surface area contributed by atoms with Crippen molar-refractivity contribution in [3.63, 3.8) is 0 Å². The fourth-order valence-corrected chi connectivity index (χ4v) is 3.49. The maximum absolute atomic E-state index is 11.9. The maximum Gasteiger partial charge on any atom is 0.344 e. The summed E-state index contributed by atoms with van der Waals surface area (Å²) >= 11 is 1.74. The first kappa shape index (κ1) is 9.09. The lowest BCUT2D eigenvalue weighted by Crippen LogP contribution is -2.37. The summed E-state index contributed by atoms with van der Waals surface area (Å²) in [4.78, 5) is 17.3. The first-order valence-electron chi connectivity index (χ1n) is 5.23. The van der Waals surface area contributed by atoms with E-state index >= 15 is 0 Å². The third-order valence-electron chi connectivity index (χ3n) is 3.22. The van der Waals surface area contributed by atoms with Crippen LogP contribution in [0.4, 0.5) is 0 Å². The van der Waals surface area contributed by atoms with E-state index in [9.17, 15) is 4.79 Å². The molecule has 3 rings (SSSR count). The quantitative estimate of drug-likeness (QED) is 0.671. The number of hydrogen-bond donors (Lipinski definition) is 1. The monoisotopic (exact) mass is 221 g/mol. The Morgan fingerprint density at radius 2 is 2.20 bits per heavy atom. The van der Waals surface area contributed by atoms with Crippen molar-refractivity contribution in [3.8, 4) is 0 Å². The highest BCUT2D eigenvalue weighted by Crippen LogP contribution is 2.25. The number of fused-ring (bicyclic) bond motifs is 3. The van der Waals surface area contributed by atoms with Crippen LogP contribution >= 0.6 is 11.3 Å². The average molecular weight is 221 g/mol. The number of aromatic amines is 1. The molecule has 0 aliphatic carbocycles. The average Bonchev–Trinajstić information content (AvgIpc) is 2.73. The Morgan fingerprint density at radius 3 is 3.00 bits per heavy atom. The molecule has 1 aliphatic heterocycles. The standard InChI is InChI=1S/C11H12N2OS/c1-6-7(2)15-11-9(6)10(14)12-8-4-3-5-13(8)11/h3-5H2,1-2H3/p+1. The number of aryl methyl sites for hydroxylation is 4. The second-order valence-electron chi connectivity index (χ2n) is 4.12. The molecule has 4 heteroatoms. The van der Waals surface area contributed by atoms with Gasteiger partial charge >= 0.3 is 5.56 Å². The van der Waals surface area contributed by atoms with E-state index in [2.05, 4.69) is 16.5 Å². The van der Waals surface area contributed by atoms with E-state index in [1.54, 1.807) is 11.3 Å². The van der Waals surface area contributed by atoms with Crippen LogP contribution in [-0.2, 0) is 13.0 Å². The largest absolute Gasteiger partial charge is 0.344 e. The van der Waals surface area contributed by atoms with E-state index in [0.717, 1.165) is 41.0 Å². The molecule has 3 heterocycles.